The molecule has 0 spiro atoms. The fourth-order valence-electron chi connectivity index (χ4n) is 3.04. The fraction of sp³-hybridized carbons (Fsp3) is 0.273. The van der Waals surface area contributed by atoms with E-state index in [1.54, 1.807) is 24.3 Å². The Hall–Kier alpha value is -2.79. The first kappa shape index (κ1) is 20.0. The number of benzene rings is 2. The van der Waals surface area contributed by atoms with Gasteiger partial charge in [-0.15, -0.1) is 0 Å². The van der Waals surface area contributed by atoms with Gasteiger partial charge in [-0.3, -0.25) is 4.79 Å². The van der Waals surface area contributed by atoms with Gasteiger partial charge in [-0.25, -0.2) is 4.79 Å². The van der Waals surface area contributed by atoms with Crippen LogP contribution in [0.1, 0.15) is 37.4 Å². The van der Waals surface area contributed by atoms with Gasteiger partial charge >= 0.3 is 5.63 Å². The van der Waals surface area contributed by atoms with Crippen LogP contribution in [0.3, 0.4) is 0 Å². The van der Waals surface area contributed by atoms with Crippen LogP contribution in [-0.2, 0) is 11.2 Å². The summed E-state index contributed by atoms with van der Waals surface area (Å²) in [5, 5.41) is 4.41. The van der Waals surface area contributed by atoms with E-state index >= 15 is 0 Å². The molecular formula is C22H22ClNO4. The number of aryl methyl sites for hydroxylation is 1. The van der Waals surface area contributed by atoms with Crippen LogP contribution in [0.5, 0.6) is 5.75 Å². The Balaban J connectivity index is 1.65. The van der Waals surface area contributed by atoms with Crippen LogP contribution in [0, 0.1) is 0 Å². The number of ether oxygens (including phenoxy) is 1. The molecule has 0 fully saturated rings. The van der Waals surface area contributed by atoms with Gasteiger partial charge in [-0.1, -0.05) is 37.1 Å². The number of rotatable bonds is 7. The predicted molar refractivity (Wildman–Crippen MR) is 110 cm³/mol. The molecule has 3 rings (SSSR count). The Bertz CT molecular complexity index is 1030. The van der Waals surface area contributed by atoms with Crippen molar-refractivity contribution in [1.82, 2.24) is 5.32 Å². The standard InChI is InChI=1S/C22H22ClNO4/c1-3-4-16-11-22(26)28-20-12-18(9-10-19(16)20)27-13-21(25)24-14(2)15-5-7-17(23)8-6-15/h5-12,14H,3-4,13H2,1-2H3,(H,24,25). The van der Waals surface area contributed by atoms with E-state index in [-0.39, 0.29) is 24.2 Å². The summed E-state index contributed by atoms with van der Waals surface area (Å²) < 4.78 is 10.9. The van der Waals surface area contributed by atoms with Gasteiger partial charge in [0, 0.05) is 22.5 Å². The van der Waals surface area contributed by atoms with Crippen molar-refractivity contribution in [2.75, 3.05) is 6.61 Å². The molecule has 6 heteroatoms. The minimum atomic E-state index is -0.386. The third-order valence-corrected chi connectivity index (χ3v) is 4.69. The van der Waals surface area contributed by atoms with Crippen molar-refractivity contribution < 1.29 is 13.9 Å². The van der Waals surface area contributed by atoms with Crippen LogP contribution in [0.15, 0.2) is 57.7 Å². The molecule has 1 aromatic heterocycles. The molecule has 0 radical (unpaired) electrons. The number of fused-ring (bicyclic) bond motifs is 1. The van der Waals surface area contributed by atoms with Crippen molar-refractivity contribution in [2.24, 2.45) is 0 Å². The number of hydrogen-bond donors (Lipinski definition) is 1. The lowest BCUT2D eigenvalue weighted by molar-refractivity contribution is -0.123. The lowest BCUT2D eigenvalue weighted by atomic mass is 10.1. The normalized spacial score (nSPS) is 12.0. The zero-order valence-corrected chi connectivity index (χ0v) is 16.6. The Morgan fingerprint density at radius 2 is 1.93 bits per heavy atom. The summed E-state index contributed by atoms with van der Waals surface area (Å²) in [6.45, 7) is 3.81. The number of nitrogens with one attached hydrogen (secondary N) is 1. The van der Waals surface area contributed by atoms with Gasteiger partial charge in [-0.2, -0.15) is 0 Å². The van der Waals surface area contributed by atoms with E-state index in [0.29, 0.717) is 16.4 Å². The molecule has 1 unspecified atom stereocenters. The van der Waals surface area contributed by atoms with E-state index in [4.69, 9.17) is 20.8 Å². The van der Waals surface area contributed by atoms with Crippen molar-refractivity contribution in [2.45, 2.75) is 32.7 Å². The van der Waals surface area contributed by atoms with E-state index < -0.39 is 0 Å². The molecule has 0 bridgehead atoms. The zero-order valence-electron chi connectivity index (χ0n) is 15.8. The van der Waals surface area contributed by atoms with Gasteiger partial charge < -0.3 is 14.5 Å². The summed E-state index contributed by atoms with van der Waals surface area (Å²) >= 11 is 5.88. The third-order valence-electron chi connectivity index (χ3n) is 4.44. The topological polar surface area (TPSA) is 68.5 Å². The third kappa shape index (κ3) is 4.93. The Morgan fingerprint density at radius 3 is 2.64 bits per heavy atom. The Labute approximate surface area is 168 Å². The maximum atomic E-state index is 12.2. The van der Waals surface area contributed by atoms with Gasteiger partial charge in [0.2, 0.25) is 0 Å². The van der Waals surface area contributed by atoms with Gasteiger partial charge in [0.05, 0.1) is 6.04 Å². The van der Waals surface area contributed by atoms with Gasteiger partial charge in [0.25, 0.3) is 5.91 Å². The Morgan fingerprint density at radius 1 is 1.18 bits per heavy atom. The SMILES string of the molecule is CCCc1cc(=O)oc2cc(OCC(=O)NC(C)c3ccc(Cl)cc3)ccc12. The zero-order chi connectivity index (χ0) is 20.1. The largest absolute Gasteiger partial charge is 0.484 e. The number of carbonyl (C=O) groups excluding carboxylic acids is 1. The van der Waals surface area contributed by atoms with Crippen LogP contribution < -0.4 is 15.7 Å². The number of carbonyl (C=O) groups is 1. The fourth-order valence-corrected chi connectivity index (χ4v) is 3.17. The second kappa shape index (κ2) is 8.93. The van der Waals surface area contributed by atoms with Gasteiger partial charge in [0.1, 0.15) is 11.3 Å². The first-order valence-electron chi connectivity index (χ1n) is 9.20. The molecule has 0 saturated heterocycles. The van der Waals surface area contributed by atoms with Crippen molar-refractivity contribution in [3.8, 4) is 5.75 Å². The van der Waals surface area contributed by atoms with Crippen molar-refractivity contribution in [3.63, 3.8) is 0 Å². The van der Waals surface area contributed by atoms with Crippen LogP contribution in [0.4, 0.5) is 0 Å². The summed E-state index contributed by atoms with van der Waals surface area (Å²) in [5.74, 6) is 0.224. The average molecular weight is 400 g/mol. The van der Waals surface area contributed by atoms with E-state index in [9.17, 15) is 9.59 Å². The van der Waals surface area contributed by atoms with Gasteiger partial charge in [0.15, 0.2) is 6.61 Å². The first-order chi connectivity index (χ1) is 13.5. The first-order valence-corrected chi connectivity index (χ1v) is 9.58. The highest BCUT2D eigenvalue weighted by Gasteiger charge is 2.11. The number of amides is 1. The molecule has 1 atom stereocenters. The van der Waals surface area contributed by atoms with E-state index in [0.717, 1.165) is 29.4 Å². The molecule has 28 heavy (non-hydrogen) atoms. The Kier molecular flexibility index (Phi) is 6.37. The molecule has 1 heterocycles. The van der Waals surface area contributed by atoms with E-state index in [2.05, 4.69) is 12.2 Å². The summed E-state index contributed by atoms with van der Waals surface area (Å²) in [5.41, 5.74) is 1.98. The van der Waals surface area contributed by atoms with E-state index in [1.807, 2.05) is 25.1 Å². The maximum absolute atomic E-state index is 12.2. The van der Waals surface area contributed by atoms with Crippen LogP contribution in [0.2, 0.25) is 5.02 Å². The highest BCUT2D eigenvalue weighted by molar-refractivity contribution is 6.30. The number of halogens is 1. The predicted octanol–water partition coefficient (Wildman–Crippen LogP) is 4.66. The van der Waals surface area contributed by atoms with Crippen molar-refractivity contribution >= 4 is 28.5 Å². The molecule has 3 aromatic rings. The maximum Gasteiger partial charge on any atom is 0.336 e. The minimum absolute atomic E-state index is 0.137. The van der Waals surface area contributed by atoms with Crippen molar-refractivity contribution in [1.29, 1.82) is 0 Å². The highest BCUT2D eigenvalue weighted by Crippen LogP contribution is 2.23. The van der Waals surface area contributed by atoms with Crippen LogP contribution >= 0.6 is 11.6 Å². The molecule has 146 valence electrons. The quantitative estimate of drug-likeness (QED) is 0.587. The van der Waals surface area contributed by atoms with E-state index in [1.165, 1.54) is 6.07 Å². The molecule has 5 nitrogen and oxygen atoms in total. The molecule has 0 aliphatic heterocycles. The lowest BCUT2D eigenvalue weighted by Crippen LogP contribution is -2.31. The molecule has 0 aliphatic carbocycles. The molecule has 0 saturated carbocycles. The molecule has 2 aromatic carbocycles. The molecule has 0 aliphatic rings. The second-order valence-electron chi connectivity index (χ2n) is 6.63. The summed E-state index contributed by atoms with van der Waals surface area (Å²) in [6.07, 6.45) is 1.73. The summed E-state index contributed by atoms with van der Waals surface area (Å²) in [7, 11) is 0. The minimum Gasteiger partial charge on any atom is -0.484 e. The van der Waals surface area contributed by atoms with Crippen LogP contribution in [-0.4, -0.2) is 12.5 Å². The molecule has 1 amide bonds. The molecular weight excluding hydrogens is 378 g/mol. The average Bonchev–Trinajstić information content (AvgIpc) is 2.66. The second-order valence-corrected chi connectivity index (χ2v) is 7.06. The summed E-state index contributed by atoms with van der Waals surface area (Å²) in [4.78, 5) is 23.9. The highest BCUT2D eigenvalue weighted by atomic mass is 35.5. The molecule has 1 N–H and O–H groups in total. The van der Waals surface area contributed by atoms with Gasteiger partial charge in [-0.05, 0) is 48.7 Å². The smallest absolute Gasteiger partial charge is 0.336 e. The summed E-state index contributed by atoms with van der Waals surface area (Å²) in [6, 6.07) is 13.9. The number of hydrogen-bond acceptors (Lipinski definition) is 4. The monoisotopic (exact) mass is 399 g/mol. The lowest BCUT2D eigenvalue weighted by Gasteiger charge is -2.15. The van der Waals surface area contributed by atoms with Crippen molar-refractivity contribution in [3.05, 3.63) is 75.1 Å². The van der Waals surface area contributed by atoms with Crippen LogP contribution in [0.25, 0.3) is 11.0 Å².